The Morgan fingerprint density at radius 1 is 1.25 bits per heavy atom. The third-order valence-electron chi connectivity index (χ3n) is 3.37. The van der Waals surface area contributed by atoms with Crippen molar-refractivity contribution in [2.75, 3.05) is 0 Å². The molecule has 3 nitrogen and oxygen atoms in total. The summed E-state index contributed by atoms with van der Waals surface area (Å²) < 4.78 is 1.73. The largest absolute Gasteiger partial charge is 0.320 e. The minimum absolute atomic E-state index is 0.0107. The quantitative estimate of drug-likeness (QED) is 0.918. The molecule has 2 aromatic rings. The zero-order chi connectivity index (χ0) is 14.5. The molecule has 0 saturated carbocycles. The maximum absolute atomic E-state index is 12.4. The van der Waals surface area contributed by atoms with Crippen LogP contribution < -0.4 is 11.3 Å². The number of aryl methyl sites for hydroxylation is 1. The number of rotatable bonds is 5. The molecular weight excluding hydrogens is 272 g/mol. The molecule has 0 fully saturated rings. The number of unbranched alkanes of at least 4 members (excludes halogenated alkanes) is 1. The van der Waals surface area contributed by atoms with E-state index >= 15 is 0 Å². The van der Waals surface area contributed by atoms with Gasteiger partial charge < -0.3 is 10.3 Å². The minimum Gasteiger partial charge on any atom is -0.320 e. The molecule has 1 aromatic carbocycles. The Bertz CT molecular complexity index is 619. The van der Waals surface area contributed by atoms with Gasteiger partial charge in [0.25, 0.3) is 5.56 Å². The first-order valence-corrected chi connectivity index (χ1v) is 7.21. The van der Waals surface area contributed by atoms with E-state index in [1.165, 1.54) is 0 Å². The maximum Gasteiger partial charge on any atom is 0.255 e. The van der Waals surface area contributed by atoms with Crippen LogP contribution >= 0.6 is 11.6 Å². The second-order valence-electron chi connectivity index (χ2n) is 4.84. The lowest BCUT2D eigenvalue weighted by Gasteiger charge is -2.14. The van der Waals surface area contributed by atoms with Gasteiger partial charge in [-0.25, -0.2) is 0 Å². The molecule has 4 heteroatoms. The molecule has 2 N–H and O–H groups in total. The van der Waals surface area contributed by atoms with Gasteiger partial charge in [0.1, 0.15) is 0 Å². The molecular formula is C16H19ClN2O. The van der Waals surface area contributed by atoms with Crippen molar-refractivity contribution in [3.05, 3.63) is 69.1 Å². The van der Waals surface area contributed by atoms with Crippen LogP contribution in [0.4, 0.5) is 0 Å². The molecule has 0 spiro atoms. The lowest BCUT2D eigenvalue weighted by atomic mass is 10.0. The molecule has 0 aliphatic carbocycles. The molecule has 0 amide bonds. The highest BCUT2D eigenvalue weighted by Crippen LogP contribution is 2.19. The van der Waals surface area contributed by atoms with E-state index in [9.17, 15) is 4.79 Å². The van der Waals surface area contributed by atoms with Gasteiger partial charge in [0.15, 0.2) is 0 Å². The summed E-state index contributed by atoms with van der Waals surface area (Å²) in [4.78, 5) is 12.4. The summed E-state index contributed by atoms with van der Waals surface area (Å²) >= 11 is 5.87. The van der Waals surface area contributed by atoms with Crippen molar-refractivity contribution in [2.45, 2.75) is 32.4 Å². The molecule has 106 valence electrons. The van der Waals surface area contributed by atoms with Crippen molar-refractivity contribution in [3.63, 3.8) is 0 Å². The van der Waals surface area contributed by atoms with E-state index in [1.807, 2.05) is 24.4 Å². The van der Waals surface area contributed by atoms with Crippen molar-refractivity contribution in [1.82, 2.24) is 4.57 Å². The lowest BCUT2D eigenvalue weighted by molar-refractivity contribution is 0.604. The predicted octanol–water partition coefficient (Wildman–Crippen LogP) is 3.35. The van der Waals surface area contributed by atoms with Crippen LogP contribution in [0, 0.1) is 0 Å². The fraction of sp³-hybridized carbons (Fsp3) is 0.312. The van der Waals surface area contributed by atoms with Gasteiger partial charge >= 0.3 is 0 Å². The number of pyridine rings is 1. The van der Waals surface area contributed by atoms with Crippen molar-refractivity contribution >= 4 is 11.6 Å². The standard InChI is InChI=1S/C16H19ClN2O/c1-2-3-10-19-11-4-5-14(16(19)20)15(18)12-6-8-13(17)9-7-12/h4-9,11,15H,2-3,10,18H2,1H3. The third kappa shape index (κ3) is 3.30. The molecule has 1 aromatic heterocycles. The lowest BCUT2D eigenvalue weighted by Crippen LogP contribution is -2.28. The Morgan fingerprint density at radius 3 is 2.60 bits per heavy atom. The van der Waals surface area contributed by atoms with E-state index in [0.717, 1.165) is 24.9 Å². The monoisotopic (exact) mass is 290 g/mol. The van der Waals surface area contributed by atoms with Crippen LogP contribution in [-0.2, 0) is 6.54 Å². The van der Waals surface area contributed by atoms with Crippen LogP contribution in [0.1, 0.15) is 36.9 Å². The second-order valence-corrected chi connectivity index (χ2v) is 5.28. The van der Waals surface area contributed by atoms with Crippen molar-refractivity contribution in [1.29, 1.82) is 0 Å². The Morgan fingerprint density at radius 2 is 1.95 bits per heavy atom. The van der Waals surface area contributed by atoms with Gasteiger partial charge in [-0.3, -0.25) is 4.79 Å². The first-order valence-electron chi connectivity index (χ1n) is 6.84. The zero-order valence-electron chi connectivity index (χ0n) is 11.6. The minimum atomic E-state index is -0.422. The Balaban J connectivity index is 2.32. The van der Waals surface area contributed by atoms with Gasteiger partial charge in [0, 0.05) is 23.3 Å². The summed E-state index contributed by atoms with van der Waals surface area (Å²) in [5.74, 6) is 0. The molecule has 0 saturated heterocycles. The summed E-state index contributed by atoms with van der Waals surface area (Å²) in [5.41, 5.74) is 7.70. The number of nitrogens with two attached hydrogens (primary N) is 1. The highest BCUT2D eigenvalue weighted by molar-refractivity contribution is 6.30. The molecule has 0 aliphatic rings. The fourth-order valence-electron chi connectivity index (χ4n) is 2.15. The van der Waals surface area contributed by atoms with Gasteiger partial charge in [-0.2, -0.15) is 0 Å². The summed E-state index contributed by atoms with van der Waals surface area (Å²) in [5, 5.41) is 0.661. The van der Waals surface area contributed by atoms with Crippen LogP contribution in [0.15, 0.2) is 47.4 Å². The van der Waals surface area contributed by atoms with Gasteiger partial charge in [0.05, 0.1) is 6.04 Å². The van der Waals surface area contributed by atoms with Crippen molar-refractivity contribution in [3.8, 4) is 0 Å². The van der Waals surface area contributed by atoms with Crippen LogP contribution in [-0.4, -0.2) is 4.57 Å². The van der Waals surface area contributed by atoms with Crippen LogP contribution in [0.3, 0.4) is 0 Å². The van der Waals surface area contributed by atoms with Crippen molar-refractivity contribution < 1.29 is 0 Å². The van der Waals surface area contributed by atoms with Gasteiger partial charge in [-0.05, 0) is 30.2 Å². The van der Waals surface area contributed by atoms with Crippen LogP contribution in [0.25, 0.3) is 0 Å². The van der Waals surface area contributed by atoms with E-state index in [2.05, 4.69) is 6.92 Å². The summed E-state index contributed by atoms with van der Waals surface area (Å²) in [6.45, 7) is 2.84. The molecule has 0 radical (unpaired) electrons. The maximum atomic E-state index is 12.4. The average Bonchev–Trinajstić information content (AvgIpc) is 2.46. The van der Waals surface area contributed by atoms with Gasteiger partial charge in [-0.15, -0.1) is 0 Å². The normalized spacial score (nSPS) is 12.3. The van der Waals surface area contributed by atoms with E-state index < -0.39 is 6.04 Å². The molecule has 0 bridgehead atoms. The highest BCUT2D eigenvalue weighted by atomic mass is 35.5. The highest BCUT2D eigenvalue weighted by Gasteiger charge is 2.13. The van der Waals surface area contributed by atoms with Gasteiger partial charge in [0.2, 0.25) is 0 Å². The number of halogens is 1. The first-order chi connectivity index (χ1) is 9.63. The molecule has 1 heterocycles. The Labute approximate surface area is 124 Å². The summed E-state index contributed by atoms with van der Waals surface area (Å²) in [6, 6.07) is 10.5. The number of aromatic nitrogens is 1. The zero-order valence-corrected chi connectivity index (χ0v) is 12.3. The molecule has 20 heavy (non-hydrogen) atoms. The van der Waals surface area contributed by atoms with E-state index in [1.54, 1.807) is 22.8 Å². The number of benzene rings is 1. The molecule has 0 aliphatic heterocycles. The molecule has 1 unspecified atom stereocenters. The Hall–Kier alpha value is -1.58. The summed E-state index contributed by atoms with van der Waals surface area (Å²) in [6.07, 6.45) is 3.86. The number of nitrogens with zero attached hydrogens (tertiary/aromatic N) is 1. The van der Waals surface area contributed by atoms with Crippen LogP contribution in [0.2, 0.25) is 5.02 Å². The molecule has 2 rings (SSSR count). The predicted molar refractivity (Wildman–Crippen MR) is 83.1 cm³/mol. The summed E-state index contributed by atoms with van der Waals surface area (Å²) in [7, 11) is 0. The first kappa shape index (κ1) is 14.8. The smallest absolute Gasteiger partial charge is 0.255 e. The SMILES string of the molecule is CCCCn1cccc(C(N)c2ccc(Cl)cc2)c1=O. The van der Waals surface area contributed by atoms with E-state index in [4.69, 9.17) is 17.3 Å². The molecule has 1 atom stereocenters. The van der Waals surface area contributed by atoms with Crippen LogP contribution in [0.5, 0.6) is 0 Å². The average molecular weight is 291 g/mol. The van der Waals surface area contributed by atoms with Crippen molar-refractivity contribution in [2.24, 2.45) is 5.73 Å². The number of hydrogen-bond acceptors (Lipinski definition) is 2. The second kappa shape index (κ2) is 6.73. The third-order valence-corrected chi connectivity index (χ3v) is 3.62. The van der Waals surface area contributed by atoms with Gasteiger partial charge in [-0.1, -0.05) is 43.1 Å². The number of hydrogen-bond donors (Lipinski definition) is 1. The fourth-order valence-corrected chi connectivity index (χ4v) is 2.27. The topological polar surface area (TPSA) is 48.0 Å². The van der Waals surface area contributed by atoms with E-state index in [0.29, 0.717) is 10.6 Å². The Kier molecular flexibility index (Phi) is 4.99. The van der Waals surface area contributed by atoms with E-state index in [-0.39, 0.29) is 5.56 Å².